The number of nitrogens with zero attached hydrogens (tertiary/aromatic N) is 3. The zero-order chi connectivity index (χ0) is 19.4. The van der Waals surface area contributed by atoms with Gasteiger partial charge >= 0.3 is 0 Å². The number of non-ortho nitro benzene ring substituents is 1. The smallest absolute Gasteiger partial charge is 0.270 e. The van der Waals surface area contributed by atoms with E-state index in [-0.39, 0.29) is 17.2 Å². The van der Waals surface area contributed by atoms with Crippen LogP contribution < -0.4 is 0 Å². The number of amides is 1. The lowest BCUT2D eigenvalue weighted by Gasteiger charge is -2.26. The Morgan fingerprint density at radius 1 is 1.30 bits per heavy atom. The molecule has 0 N–H and O–H groups in total. The summed E-state index contributed by atoms with van der Waals surface area (Å²) in [6, 6.07) is 9.70. The normalized spacial score (nSPS) is 14.7. The van der Waals surface area contributed by atoms with Crippen molar-refractivity contribution in [2.24, 2.45) is 0 Å². The highest BCUT2D eigenvalue weighted by molar-refractivity contribution is 6.01. The van der Waals surface area contributed by atoms with Crippen LogP contribution in [0.25, 0.3) is 17.4 Å². The number of rotatable bonds is 4. The summed E-state index contributed by atoms with van der Waals surface area (Å²) in [7, 11) is 0. The van der Waals surface area contributed by atoms with Crippen LogP contribution in [0.3, 0.4) is 0 Å². The lowest BCUT2D eigenvalue weighted by atomic mass is 10.1. The number of morpholine rings is 1. The molecule has 0 saturated carbocycles. The van der Waals surface area contributed by atoms with Gasteiger partial charge < -0.3 is 14.1 Å². The lowest BCUT2D eigenvalue weighted by molar-refractivity contribution is -0.384. The van der Waals surface area contributed by atoms with Gasteiger partial charge in [-0.3, -0.25) is 14.9 Å². The van der Waals surface area contributed by atoms with E-state index >= 15 is 0 Å². The van der Waals surface area contributed by atoms with E-state index in [1.807, 2.05) is 13.0 Å². The molecule has 2 heterocycles. The molecule has 8 nitrogen and oxygen atoms in total. The quantitative estimate of drug-likeness (QED) is 0.356. The Balaban J connectivity index is 1.87. The molecule has 27 heavy (non-hydrogen) atoms. The van der Waals surface area contributed by atoms with Gasteiger partial charge in [-0.05, 0) is 24.6 Å². The van der Waals surface area contributed by atoms with Crippen molar-refractivity contribution in [2.45, 2.75) is 6.92 Å². The Kier molecular flexibility index (Phi) is 5.33. The first-order valence-corrected chi connectivity index (χ1v) is 8.33. The minimum atomic E-state index is -0.471. The van der Waals surface area contributed by atoms with Gasteiger partial charge in [-0.25, -0.2) is 0 Å². The minimum absolute atomic E-state index is 0.0337. The van der Waals surface area contributed by atoms with Crippen LogP contribution in [0.1, 0.15) is 11.3 Å². The van der Waals surface area contributed by atoms with Crippen LogP contribution in [0.5, 0.6) is 0 Å². The van der Waals surface area contributed by atoms with Gasteiger partial charge in [-0.15, -0.1) is 0 Å². The molecule has 1 amide bonds. The molecular formula is C19H17N3O5. The maximum atomic E-state index is 12.4. The van der Waals surface area contributed by atoms with E-state index in [2.05, 4.69) is 0 Å². The average molecular weight is 367 g/mol. The third-order valence-corrected chi connectivity index (χ3v) is 4.26. The maximum Gasteiger partial charge on any atom is 0.270 e. The molecule has 1 fully saturated rings. The summed E-state index contributed by atoms with van der Waals surface area (Å²) in [5.41, 5.74) is 1.33. The van der Waals surface area contributed by atoms with Gasteiger partial charge in [0.2, 0.25) is 0 Å². The summed E-state index contributed by atoms with van der Waals surface area (Å²) in [5, 5.41) is 20.3. The first-order valence-electron chi connectivity index (χ1n) is 8.33. The summed E-state index contributed by atoms with van der Waals surface area (Å²) in [5.74, 6) is 0.387. The van der Waals surface area contributed by atoms with E-state index in [1.54, 1.807) is 23.1 Å². The molecule has 0 atom stereocenters. The summed E-state index contributed by atoms with van der Waals surface area (Å²) >= 11 is 0. The second-order valence-electron chi connectivity index (χ2n) is 6.03. The van der Waals surface area contributed by atoms with E-state index in [1.165, 1.54) is 18.2 Å². The Morgan fingerprint density at radius 2 is 2.04 bits per heavy atom. The number of aryl methyl sites for hydroxylation is 1. The fourth-order valence-corrected chi connectivity index (χ4v) is 2.79. The predicted octanol–water partition coefficient (Wildman–Crippen LogP) is 2.93. The van der Waals surface area contributed by atoms with Crippen LogP contribution in [-0.4, -0.2) is 42.0 Å². The van der Waals surface area contributed by atoms with Crippen molar-refractivity contribution in [2.75, 3.05) is 26.3 Å². The number of nitro benzene ring substituents is 1. The average Bonchev–Trinajstić information content (AvgIpc) is 3.14. The maximum absolute atomic E-state index is 12.4. The van der Waals surface area contributed by atoms with Gasteiger partial charge in [0.1, 0.15) is 23.2 Å². The van der Waals surface area contributed by atoms with Crippen LogP contribution in [0.4, 0.5) is 5.69 Å². The molecule has 1 aliphatic rings. The molecule has 3 rings (SSSR count). The SMILES string of the molecule is Cc1ccc([N+](=O)[O-])cc1-c1ccc(/C=C(\C#N)C(=O)N2CCOCC2)o1. The number of nitriles is 1. The van der Waals surface area contributed by atoms with Crippen molar-refractivity contribution in [3.05, 3.63) is 57.3 Å². The van der Waals surface area contributed by atoms with Gasteiger partial charge in [0.15, 0.2) is 0 Å². The molecule has 2 aromatic rings. The van der Waals surface area contributed by atoms with Crippen molar-refractivity contribution in [1.82, 2.24) is 4.90 Å². The van der Waals surface area contributed by atoms with Crippen LogP contribution in [-0.2, 0) is 9.53 Å². The second-order valence-corrected chi connectivity index (χ2v) is 6.03. The molecule has 1 aliphatic heterocycles. The van der Waals surface area contributed by atoms with Crippen molar-refractivity contribution in [1.29, 1.82) is 5.26 Å². The van der Waals surface area contributed by atoms with Crippen LogP contribution in [0.15, 0.2) is 40.3 Å². The number of ether oxygens (including phenoxy) is 1. The summed E-state index contributed by atoms with van der Waals surface area (Å²) < 4.78 is 10.9. The molecular weight excluding hydrogens is 350 g/mol. The van der Waals surface area contributed by atoms with Gasteiger partial charge in [0.05, 0.1) is 18.1 Å². The third-order valence-electron chi connectivity index (χ3n) is 4.26. The van der Waals surface area contributed by atoms with Crippen molar-refractivity contribution < 1.29 is 18.9 Å². The first kappa shape index (κ1) is 18.4. The number of benzene rings is 1. The molecule has 8 heteroatoms. The largest absolute Gasteiger partial charge is 0.457 e. The lowest BCUT2D eigenvalue weighted by Crippen LogP contribution is -2.41. The second kappa shape index (κ2) is 7.85. The monoisotopic (exact) mass is 367 g/mol. The predicted molar refractivity (Wildman–Crippen MR) is 96.5 cm³/mol. The highest BCUT2D eigenvalue weighted by Crippen LogP contribution is 2.29. The molecule has 1 aromatic carbocycles. The van der Waals surface area contributed by atoms with E-state index in [0.29, 0.717) is 43.4 Å². The highest BCUT2D eigenvalue weighted by Gasteiger charge is 2.21. The van der Waals surface area contributed by atoms with Crippen LogP contribution in [0, 0.1) is 28.4 Å². The summed E-state index contributed by atoms with van der Waals surface area (Å²) in [6.07, 6.45) is 1.38. The molecule has 0 spiro atoms. The molecule has 1 saturated heterocycles. The zero-order valence-corrected chi connectivity index (χ0v) is 14.7. The molecule has 0 aliphatic carbocycles. The Bertz CT molecular complexity index is 948. The number of nitro groups is 1. The van der Waals surface area contributed by atoms with E-state index in [9.17, 15) is 20.2 Å². The fourth-order valence-electron chi connectivity index (χ4n) is 2.79. The highest BCUT2D eigenvalue weighted by atomic mass is 16.6. The fraction of sp³-hybridized carbons (Fsp3) is 0.263. The molecule has 138 valence electrons. The molecule has 0 bridgehead atoms. The van der Waals surface area contributed by atoms with Crippen molar-refractivity contribution in [3.63, 3.8) is 0 Å². The van der Waals surface area contributed by atoms with Crippen molar-refractivity contribution >= 4 is 17.7 Å². The summed E-state index contributed by atoms with van der Waals surface area (Å²) in [4.78, 5) is 24.5. The van der Waals surface area contributed by atoms with E-state index in [4.69, 9.17) is 9.15 Å². The van der Waals surface area contributed by atoms with Gasteiger partial charge in [-0.1, -0.05) is 6.07 Å². The Labute approximate surface area is 155 Å². The molecule has 0 radical (unpaired) electrons. The van der Waals surface area contributed by atoms with E-state index < -0.39 is 4.92 Å². The summed E-state index contributed by atoms with van der Waals surface area (Å²) in [6.45, 7) is 3.59. The van der Waals surface area contributed by atoms with E-state index in [0.717, 1.165) is 5.56 Å². The molecule has 0 unspecified atom stereocenters. The molecule has 1 aromatic heterocycles. The number of carbonyl (C=O) groups is 1. The number of hydrogen-bond acceptors (Lipinski definition) is 6. The van der Waals surface area contributed by atoms with Crippen molar-refractivity contribution in [3.8, 4) is 17.4 Å². The topological polar surface area (TPSA) is 110 Å². The number of carbonyl (C=O) groups excluding carboxylic acids is 1. The van der Waals surface area contributed by atoms with Crippen LogP contribution in [0.2, 0.25) is 0 Å². The minimum Gasteiger partial charge on any atom is -0.457 e. The number of hydrogen-bond donors (Lipinski definition) is 0. The third kappa shape index (κ3) is 4.04. The first-order chi connectivity index (χ1) is 13.0. The Morgan fingerprint density at radius 3 is 2.70 bits per heavy atom. The zero-order valence-electron chi connectivity index (χ0n) is 14.7. The Hall–Kier alpha value is -3.44. The van der Waals surface area contributed by atoms with Gasteiger partial charge in [0, 0.05) is 36.9 Å². The van der Waals surface area contributed by atoms with Gasteiger partial charge in [0.25, 0.3) is 11.6 Å². The van der Waals surface area contributed by atoms with Crippen LogP contribution >= 0.6 is 0 Å². The standard InChI is InChI=1S/C19H17N3O5/c1-13-2-3-15(22(24)25)11-17(13)18-5-4-16(27-18)10-14(12-20)19(23)21-6-8-26-9-7-21/h2-5,10-11H,6-9H2,1H3/b14-10+. The van der Waals surface area contributed by atoms with Gasteiger partial charge in [-0.2, -0.15) is 5.26 Å². The number of furan rings is 1.